The van der Waals surface area contributed by atoms with Gasteiger partial charge in [0.2, 0.25) is 0 Å². The monoisotopic (exact) mass is 181 g/mol. The molecule has 0 aliphatic carbocycles. The summed E-state index contributed by atoms with van der Waals surface area (Å²) in [6.07, 6.45) is -3.78. The average molecular weight is 181 g/mol. The van der Waals surface area contributed by atoms with E-state index in [2.05, 4.69) is 0 Å². The van der Waals surface area contributed by atoms with Crippen LogP contribution in [0.15, 0.2) is 0 Å². The lowest BCUT2D eigenvalue weighted by Crippen LogP contribution is -2.37. The largest absolute Gasteiger partial charge is 0.391 e. The molecule has 0 spiro atoms. The highest BCUT2D eigenvalue weighted by Gasteiger charge is 2.16. The molecule has 72 valence electrons. The number of hydrogen-bond acceptors (Lipinski definition) is 2. The van der Waals surface area contributed by atoms with Crippen molar-refractivity contribution in [1.29, 1.82) is 0 Å². The van der Waals surface area contributed by atoms with Crippen molar-refractivity contribution >= 4 is 5.91 Å². The summed E-state index contributed by atoms with van der Waals surface area (Å²) in [6, 6.07) is 0. The highest BCUT2D eigenvalue weighted by molar-refractivity contribution is 5.79. The van der Waals surface area contributed by atoms with Crippen LogP contribution in [0.2, 0.25) is 0 Å². The van der Waals surface area contributed by atoms with Crippen molar-refractivity contribution in [3.8, 4) is 0 Å². The highest BCUT2D eigenvalue weighted by atomic mass is 19.3. The molecule has 1 unspecified atom stereocenters. The van der Waals surface area contributed by atoms with E-state index in [9.17, 15) is 13.6 Å². The lowest BCUT2D eigenvalue weighted by Gasteiger charge is -2.14. The van der Waals surface area contributed by atoms with Gasteiger partial charge < -0.3 is 10.4 Å². The first-order valence-corrected chi connectivity index (χ1v) is 3.69. The zero-order valence-electron chi connectivity index (χ0n) is 7.05. The second-order valence-electron chi connectivity index (χ2n) is 2.86. The standard InChI is InChI=1S/C7H13F2NO2/c1-4(2)5(11)3-10-7(12)6(8)9/h4-6,11H,3H2,1-2H3,(H,10,12). The van der Waals surface area contributed by atoms with Gasteiger partial charge in [0.05, 0.1) is 6.10 Å². The topological polar surface area (TPSA) is 49.3 Å². The fourth-order valence-electron chi connectivity index (χ4n) is 0.518. The molecule has 2 N–H and O–H groups in total. The minimum absolute atomic E-state index is 0.0528. The van der Waals surface area contributed by atoms with E-state index in [-0.39, 0.29) is 12.5 Å². The molecular weight excluding hydrogens is 168 g/mol. The zero-order valence-corrected chi connectivity index (χ0v) is 7.05. The number of halogens is 2. The number of rotatable bonds is 4. The van der Waals surface area contributed by atoms with Crippen LogP contribution in [-0.4, -0.2) is 30.1 Å². The summed E-state index contributed by atoms with van der Waals surface area (Å²) in [4.78, 5) is 10.3. The van der Waals surface area contributed by atoms with Crippen LogP contribution in [0.5, 0.6) is 0 Å². The Balaban J connectivity index is 3.61. The van der Waals surface area contributed by atoms with Crippen molar-refractivity contribution in [1.82, 2.24) is 5.32 Å². The number of amides is 1. The van der Waals surface area contributed by atoms with Crippen molar-refractivity contribution in [2.75, 3.05) is 6.54 Å². The zero-order chi connectivity index (χ0) is 9.72. The normalized spacial score (nSPS) is 13.6. The van der Waals surface area contributed by atoms with Gasteiger partial charge in [0.1, 0.15) is 0 Å². The Bertz CT molecular complexity index is 150. The van der Waals surface area contributed by atoms with Crippen LogP contribution in [0, 0.1) is 5.92 Å². The van der Waals surface area contributed by atoms with Crippen molar-refractivity contribution in [3.63, 3.8) is 0 Å². The number of alkyl halides is 2. The van der Waals surface area contributed by atoms with Crippen LogP contribution in [0.25, 0.3) is 0 Å². The molecule has 0 saturated carbocycles. The molecule has 0 bridgehead atoms. The summed E-state index contributed by atoms with van der Waals surface area (Å²) in [5.41, 5.74) is 0. The molecule has 0 heterocycles. The maximum absolute atomic E-state index is 11.6. The van der Waals surface area contributed by atoms with Gasteiger partial charge in [-0.15, -0.1) is 0 Å². The number of aliphatic hydroxyl groups excluding tert-OH is 1. The molecule has 0 radical (unpaired) electrons. The summed E-state index contributed by atoms with van der Waals surface area (Å²) < 4.78 is 23.2. The van der Waals surface area contributed by atoms with E-state index in [0.29, 0.717) is 0 Å². The number of aliphatic hydroxyl groups is 1. The SMILES string of the molecule is CC(C)C(O)CNC(=O)C(F)F. The number of carbonyl (C=O) groups excluding carboxylic acids is 1. The van der Waals surface area contributed by atoms with Gasteiger partial charge in [0.15, 0.2) is 0 Å². The molecule has 1 atom stereocenters. The predicted octanol–water partition coefficient (Wildman–Crippen LogP) is 0.385. The average Bonchev–Trinajstić information content (AvgIpc) is 1.98. The molecule has 0 aliphatic rings. The van der Waals surface area contributed by atoms with Crippen LogP contribution < -0.4 is 5.32 Å². The number of carbonyl (C=O) groups is 1. The van der Waals surface area contributed by atoms with Crippen molar-refractivity contribution in [3.05, 3.63) is 0 Å². The summed E-state index contributed by atoms with van der Waals surface area (Å²) in [6.45, 7) is 3.35. The highest BCUT2D eigenvalue weighted by Crippen LogP contribution is 1.99. The van der Waals surface area contributed by atoms with Gasteiger partial charge in [-0.05, 0) is 5.92 Å². The predicted molar refractivity (Wildman–Crippen MR) is 39.9 cm³/mol. The van der Waals surface area contributed by atoms with E-state index >= 15 is 0 Å². The molecule has 0 aliphatic heterocycles. The first kappa shape index (κ1) is 11.3. The van der Waals surface area contributed by atoms with Crippen molar-refractivity contribution < 1.29 is 18.7 Å². The summed E-state index contributed by atoms with van der Waals surface area (Å²) in [7, 11) is 0. The van der Waals surface area contributed by atoms with Gasteiger partial charge in [-0.2, -0.15) is 8.78 Å². The van der Waals surface area contributed by atoms with Gasteiger partial charge in [-0.3, -0.25) is 4.79 Å². The van der Waals surface area contributed by atoms with Crippen LogP contribution in [0.1, 0.15) is 13.8 Å². The van der Waals surface area contributed by atoms with Gasteiger partial charge in [-0.1, -0.05) is 13.8 Å². The molecule has 0 fully saturated rings. The number of hydrogen-bond donors (Lipinski definition) is 2. The van der Waals surface area contributed by atoms with Crippen LogP contribution in [-0.2, 0) is 4.79 Å². The second kappa shape index (κ2) is 5.03. The molecule has 12 heavy (non-hydrogen) atoms. The van der Waals surface area contributed by atoms with Gasteiger partial charge >= 0.3 is 6.43 Å². The second-order valence-corrected chi connectivity index (χ2v) is 2.86. The first-order valence-electron chi connectivity index (χ1n) is 3.69. The maximum atomic E-state index is 11.6. The summed E-state index contributed by atoms with van der Waals surface area (Å²) >= 11 is 0. The summed E-state index contributed by atoms with van der Waals surface area (Å²) in [5.74, 6) is -1.39. The summed E-state index contributed by atoms with van der Waals surface area (Å²) in [5, 5.41) is 11.0. The van der Waals surface area contributed by atoms with Crippen LogP contribution in [0.3, 0.4) is 0 Å². The minimum Gasteiger partial charge on any atom is -0.391 e. The molecule has 0 aromatic carbocycles. The molecular formula is C7H13F2NO2. The smallest absolute Gasteiger partial charge is 0.315 e. The lowest BCUT2D eigenvalue weighted by molar-refractivity contribution is -0.132. The Morgan fingerprint density at radius 2 is 2.00 bits per heavy atom. The Kier molecular flexibility index (Phi) is 4.73. The van der Waals surface area contributed by atoms with Crippen LogP contribution >= 0.6 is 0 Å². The maximum Gasteiger partial charge on any atom is 0.315 e. The molecule has 0 aromatic rings. The van der Waals surface area contributed by atoms with Crippen molar-refractivity contribution in [2.24, 2.45) is 5.92 Å². The van der Waals surface area contributed by atoms with Crippen LogP contribution in [0.4, 0.5) is 8.78 Å². The van der Waals surface area contributed by atoms with E-state index in [0.717, 1.165) is 0 Å². The van der Waals surface area contributed by atoms with Gasteiger partial charge in [0, 0.05) is 6.54 Å². The first-order chi connectivity index (χ1) is 5.45. The molecule has 0 aromatic heterocycles. The molecule has 0 saturated heterocycles. The Hall–Kier alpha value is -0.710. The van der Waals surface area contributed by atoms with E-state index < -0.39 is 18.4 Å². The van der Waals surface area contributed by atoms with E-state index in [1.807, 2.05) is 5.32 Å². The Labute approximate surface area is 69.8 Å². The quantitative estimate of drug-likeness (QED) is 0.659. The third kappa shape index (κ3) is 4.23. The fourth-order valence-corrected chi connectivity index (χ4v) is 0.518. The third-order valence-corrected chi connectivity index (χ3v) is 1.45. The van der Waals surface area contributed by atoms with Gasteiger partial charge in [-0.25, -0.2) is 0 Å². The molecule has 1 amide bonds. The molecule has 0 rings (SSSR count). The van der Waals surface area contributed by atoms with Crippen molar-refractivity contribution in [2.45, 2.75) is 26.4 Å². The van der Waals surface area contributed by atoms with E-state index in [1.54, 1.807) is 13.8 Å². The Morgan fingerprint density at radius 1 is 1.50 bits per heavy atom. The Morgan fingerprint density at radius 3 is 2.33 bits per heavy atom. The third-order valence-electron chi connectivity index (χ3n) is 1.45. The van der Waals surface area contributed by atoms with E-state index in [4.69, 9.17) is 5.11 Å². The lowest BCUT2D eigenvalue weighted by atomic mass is 10.1. The molecule has 5 heteroatoms. The fraction of sp³-hybridized carbons (Fsp3) is 0.857. The van der Waals surface area contributed by atoms with Gasteiger partial charge in [0.25, 0.3) is 5.91 Å². The minimum atomic E-state index is -3.01. The molecule has 3 nitrogen and oxygen atoms in total. The number of nitrogens with one attached hydrogen (secondary N) is 1. The van der Waals surface area contributed by atoms with E-state index in [1.165, 1.54) is 0 Å².